The van der Waals surface area contributed by atoms with Gasteiger partial charge in [0.15, 0.2) is 0 Å². The van der Waals surface area contributed by atoms with E-state index in [0.29, 0.717) is 5.56 Å². The van der Waals surface area contributed by atoms with E-state index >= 15 is 0 Å². The van der Waals surface area contributed by atoms with Crippen molar-refractivity contribution < 1.29 is 13.6 Å². The molecule has 0 fully saturated rings. The third-order valence-electron chi connectivity index (χ3n) is 1.82. The van der Waals surface area contributed by atoms with Crippen LogP contribution in [0.4, 0.5) is 8.78 Å². The van der Waals surface area contributed by atoms with E-state index < -0.39 is 11.6 Å². The van der Waals surface area contributed by atoms with Gasteiger partial charge in [-0.15, -0.1) is 0 Å². The van der Waals surface area contributed by atoms with E-state index in [0.717, 1.165) is 0 Å². The fourth-order valence-corrected chi connectivity index (χ4v) is 1.05. The highest BCUT2D eigenvalue weighted by atomic mass is 19.1. The number of benzene rings is 1. The molecule has 1 rings (SSSR count). The summed E-state index contributed by atoms with van der Waals surface area (Å²) in [5.74, 6) is 3.95. The summed E-state index contributed by atoms with van der Waals surface area (Å²) in [5, 5.41) is 0. The zero-order valence-electron chi connectivity index (χ0n) is 7.31. The maximum absolute atomic E-state index is 13.1. The normalized spacial score (nSPS) is 10.5. The number of nitrogens with two attached hydrogens (primary N) is 1. The maximum Gasteiger partial charge on any atom is 0.126 e. The van der Waals surface area contributed by atoms with Crippen molar-refractivity contribution in [3.63, 3.8) is 0 Å². The van der Waals surface area contributed by atoms with Crippen molar-refractivity contribution in [2.75, 3.05) is 6.61 Å². The van der Waals surface area contributed by atoms with Gasteiger partial charge in [-0.2, -0.15) is 0 Å². The van der Waals surface area contributed by atoms with Crippen LogP contribution in [-0.2, 0) is 11.3 Å². The smallest absolute Gasteiger partial charge is 0.126 e. The van der Waals surface area contributed by atoms with E-state index in [1.54, 1.807) is 0 Å². The molecule has 0 aromatic heterocycles. The lowest BCUT2D eigenvalue weighted by Gasteiger charge is -2.04. The molecule has 0 bridgehead atoms. The van der Waals surface area contributed by atoms with E-state index in [-0.39, 0.29) is 18.6 Å². The molecule has 0 radical (unpaired) electrons. The van der Waals surface area contributed by atoms with Crippen molar-refractivity contribution in [3.05, 3.63) is 34.9 Å². The Balaban J connectivity index is 2.88. The number of aryl methyl sites for hydroxylation is 1. The van der Waals surface area contributed by atoms with Gasteiger partial charge >= 0.3 is 0 Å². The average Bonchev–Trinajstić information content (AvgIpc) is 2.09. The van der Waals surface area contributed by atoms with Gasteiger partial charge in [-0.25, -0.2) is 14.7 Å². The summed E-state index contributed by atoms with van der Waals surface area (Å²) in [5.41, 5.74) is 0.587. The van der Waals surface area contributed by atoms with Gasteiger partial charge in [0.1, 0.15) is 11.6 Å². The first kappa shape index (κ1) is 10.1. The zero-order chi connectivity index (χ0) is 9.84. The monoisotopic (exact) mass is 187 g/mol. The largest absolute Gasteiger partial charge is 0.304 e. The molecule has 0 aliphatic heterocycles. The van der Waals surface area contributed by atoms with Crippen molar-refractivity contribution >= 4 is 0 Å². The van der Waals surface area contributed by atoms with E-state index in [4.69, 9.17) is 5.90 Å². The minimum atomic E-state index is -0.420. The van der Waals surface area contributed by atoms with Crippen molar-refractivity contribution in [3.8, 4) is 0 Å². The molecule has 13 heavy (non-hydrogen) atoms. The van der Waals surface area contributed by atoms with Crippen molar-refractivity contribution in [2.24, 2.45) is 5.90 Å². The SMILES string of the molecule is Cc1cc(F)c(CCON)cc1F. The molecule has 0 atom stereocenters. The van der Waals surface area contributed by atoms with E-state index in [2.05, 4.69) is 4.84 Å². The first-order valence-corrected chi connectivity index (χ1v) is 3.91. The van der Waals surface area contributed by atoms with Crippen LogP contribution in [0.25, 0.3) is 0 Å². The van der Waals surface area contributed by atoms with Crippen LogP contribution < -0.4 is 5.90 Å². The van der Waals surface area contributed by atoms with Gasteiger partial charge in [0.25, 0.3) is 0 Å². The number of rotatable bonds is 3. The lowest BCUT2D eigenvalue weighted by atomic mass is 10.1. The summed E-state index contributed by atoms with van der Waals surface area (Å²) in [6.07, 6.45) is 0.277. The third-order valence-corrected chi connectivity index (χ3v) is 1.82. The van der Waals surface area contributed by atoms with Crippen LogP contribution in [0.3, 0.4) is 0 Å². The summed E-state index contributed by atoms with van der Waals surface area (Å²) >= 11 is 0. The summed E-state index contributed by atoms with van der Waals surface area (Å²) in [7, 11) is 0. The Morgan fingerprint density at radius 3 is 2.62 bits per heavy atom. The van der Waals surface area contributed by atoms with Crippen molar-refractivity contribution in [1.82, 2.24) is 0 Å². The molecule has 0 saturated carbocycles. The van der Waals surface area contributed by atoms with Crippen LogP contribution in [0.2, 0.25) is 0 Å². The second kappa shape index (κ2) is 4.30. The molecule has 0 amide bonds. The van der Waals surface area contributed by atoms with Crippen LogP contribution in [0.1, 0.15) is 11.1 Å². The maximum atomic E-state index is 13.1. The van der Waals surface area contributed by atoms with E-state index in [1.807, 2.05) is 0 Å². The summed E-state index contributed by atoms with van der Waals surface area (Å²) in [6.45, 7) is 1.70. The number of hydrogen-bond acceptors (Lipinski definition) is 2. The third kappa shape index (κ3) is 2.47. The van der Waals surface area contributed by atoms with Crippen LogP contribution >= 0.6 is 0 Å². The van der Waals surface area contributed by atoms with E-state index in [1.165, 1.54) is 19.1 Å². The molecule has 0 unspecified atom stereocenters. The molecule has 0 heterocycles. The molecule has 2 N–H and O–H groups in total. The standard InChI is InChI=1S/C9H11F2NO/c1-6-4-9(11)7(2-3-13-12)5-8(6)10/h4-5H,2-3,12H2,1H3. The Bertz CT molecular complexity index is 302. The quantitative estimate of drug-likeness (QED) is 0.731. The summed E-state index contributed by atoms with van der Waals surface area (Å²) in [4.78, 5) is 4.28. The lowest BCUT2D eigenvalue weighted by molar-refractivity contribution is 0.140. The molecular weight excluding hydrogens is 176 g/mol. The van der Waals surface area contributed by atoms with Gasteiger partial charge in [0.05, 0.1) is 6.61 Å². The van der Waals surface area contributed by atoms with Crippen LogP contribution in [0.5, 0.6) is 0 Å². The highest BCUT2D eigenvalue weighted by Gasteiger charge is 2.06. The van der Waals surface area contributed by atoms with Crippen molar-refractivity contribution in [1.29, 1.82) is 0 Å². The first-order chi connectivity index (χ1) is 6.15. The first-order valence-electron chi connectivity index (χ1n) is 3.91. The topological polar surface area (TPSA) is 35.2 Å². The highest BCUT2D eigenvalue weighted by molar-refractivity contribution is 5.25. The Kier molecular flexibility index (Phi) is 3.33. The molecule has 0 aliphatic carbocycles. The molecule has 0 aliphatic rings. The Hall–Kier alpha value is -1.00. The number of halogens is 2. The fourth-order valence-electron chi connectivity index (χ4n) is 1.05. The van der Waals surface area contributed by atoms with Gasteiger partial charge in [0, 0.05) is 6.42 Å². The minimum Gasteiger partial charge on any atom is -0.304 e. The molecule has 0 spiro atoms. The molecule has 72 valence electrons. The molecule has 2 nitrogen and oxygen atoms in total. The molecule has 4 heteroatoms. The lowest BCUT2D eigenvalue weighted by Crippen LogP contribution is -2.05. The van der Waals surface area contributed by atoms with Gasteiger partial charge in [0.2, 0.25) is 0 Å². The van der Waals surface area contributed by atoms with Gasteiger partial charge in [-0.05, 0) is 30.2 Å². The predicted octanol–water partition coefficient (Wildman–Crippen LogP) is 1.71. The van der Waals surface area contributed by atoms with E-state index in [9.17, 15) is 8.78 Å². The molecule has 1 aromatic carbocycles. The minimum absolute atomic E-state index is 0.180. The summed E-state index contributed by atoms with van der Waals surface area (Å²) in [6, 6.07) is 2.34. The van der Waals surface area contributed by atoms with Crippen LogP contribution in [0, 0.1) is 18.6 Å². The molecule has 1 aromatic rings. The Morgan fingerprint density at radius 2 is 2.00 bits per heavy atom. The average molecular weight is 187 g/mol. The number of hydrogen-bond donors (Lipinski definition) is 1. The van der Waals surface area contributed by atoms with Crippen molar-refractivity contribution in [2.45, 2.75) is 13.3 Å². The zero-order valence-corrected chi connectivity index (χ0v) is 7.31. The van der Waals surface area contributed by atoms with Gasteiger partial charge in [-0.1, -0.05) is 0 Å². The second-order valence-corrected chi connectivity index (χ2v) is 2.81. The Morgan fingerprint density at radius 1 is 1.31 bits per heavy atom. The molecule has 0 saturated heterocycles. The highest BCUT2D eigenvalue weighted by Crippen LogP contribution is 2.14. The Labute approximate surface area is 75.3 Å². The second-order valence-electron chi connectivity index (χ2n) is 2.81. The summed E-state index contributed by atoms with van der Waals surface area (Å²) < 4.78 is 26.0. The van der Waals surface area contributed by atoms with Crippen LogP contribution in [-0.4, -0.2) is 6.61 Å². The van der Waals surface area contributed by atoms with Crippen LogP contribution in [0.15, 0.2) is 12.1 Å². The van der Waals surface area contributed by atoms with Gasteiger partial charge in [-0.3, -0.25) is 0 Å². The fraction of sp³-hybridized carbons (Fsp3) is 0.333. The molecular formula is C9H11F2NO. The predicted molar refractivity (Wildman–Crippen MR) is 44.9 cm³/mol. The van der Waals surface area contributed by atoms with Gasteiger partial charge < -0.3 is 4.84 Å².